The lowest BCUT2D eigenvalue weighted by Gasteiger charge is -2.16. The first-order chi connectivity index (χ1) is 11.5. The molecule has 0 heterocycles. The van der Waals surface area contributed by atoms with Crippen molar-refractivity contribution in [3.05, 3.63) is 53.1 Å². The van der Waals surface area contributed by atoms with E-state index in [0.717, 1.165) is 5.56 Å². The number of nitrogens with one attached hydrogen (secondary N) is 2. The Morgan fingerprint density at radius 2 is 1.42 bits per heavy atom. The van der Waals surface area contributed by atoms with Crippen LogP contribution in [0.4, 0.5) is 0 Å². The van der Waals surface area contributed by atoms with Gasteiger partial charge in [0.1, 0.15) is 18.3 Å². The maximum Gasteiger partial charge on any atom is 0.203 e. The van der Waals surface area contributed by atoms with Gasteiger partial charge in [0.2, 0.25) is 5.75 Å². The molecule has 0 amide bonds. The van der Waals surface area contributed by atoms with Crippen LogP contribution in [0.2, 0.25) is 0 Å². The molecule has 2 aromatic rings. The lowest BCUT2D eigenvalue weighted by Crippen LogP contribution is -2.12. The summed E-state index contributed by atoms with van der Waals surface area (Å²) in [6.07, 6.45) is 0. The molecule has 0 aromatic heterocycles. The van der Waals surface area contributed by atoms with E-state index in [1.807, 2.05) is 12.1 Å². The maximum atomic E-state index is 7.54. The van der Waals surface area contributed by atoms with E-state index in [2.05, 4.69) is 0 Å². The molecule has 142 valence electrons. The minimum Gasteiger partial charge on any atom is -0.493 e. The molecule has 0 aliphatic heterocycles. The predicted molar refractivity (Wildman–Crippen MR) is 107 cm³/mol. The summed E-state index contributed by atoms with van der Waals surface area (Å²) in [6, 6.07) is 10.5. The number of nitrogen functional groups attached to an aromatic ring is 2. The Labute approximate surface area is 164 Å². The Morgan fingerprint density at radius 3 is 1.88 bits per heavy atom. The number of methoxy groups -OCH3 is 2. The monoisotopic (exact) mass is 400 g/mol. The number of hydrogen-bond acceptors (Lipinski definition) is 5. The average Bonchev–Trinajstić information content (AvgIpc) is 2.59. The van der Waals surface area contributed by atoms with Crippen LogP contribution in [0.15, 0.2) is 36.4 Å². The van der Waals surface area contributed by atoms with E-state index in [9.17, 15) is 0 Å². The Kier molecular flexibility index (Phi) is 9.32. The summed E-state index contributed by atoms with van der Waals surface area (Å²) >= 11 is 0. The highest BCUT2D eigenvalue weighted by atomic mass is 35.5. The smallest absolute Gasteiger partial charge is 0.203 e. The minimum absolute atomic E-state index is 0. The SMILES string of the molecule is COc1cc(C(=N)N)cc(OC)c1OCc1cccc(C(=N)N)c1.Cl.Cl. The van der Waals surface area contributed by atoms with Crippen molar-refractivity contribution >= 4 is 36.5 Å². The van der Waals surface area contributed by atoms with Gasteiger partial charge in [-0.25, -0.2) is 0 Å². The van der Waals surface area contributed by atoms with Crippen LogP contribution in [-0.2, 0) is 6.61 Å². The lowest BCUT2D eigenvalue weighted by molar-refractivity contribution is 0.266. The number of benzene rings is 2. The molecule has 0 spiro atoms. The first-order valence-corrected chi connectivity index (χ1v) is 7.12. The average molecular weight is 401 g/mol. The first-order valence-electron chi connectivity index (χ1n) is 7.12. The molecule has 0 fully saturated rings. The fourth-order valence-electron chi connectivity index (χ4n) is 2.16. The molecule has 6 N–H and O–H groups in total. The van der Waals surface area contributed by atoms with Crippen molar-refractivity contribution < 1.29 is 14.2 Å². The Morgan fingerprint density at radius 1 is 0.885 bits per heavy atom. The van der Waals surface area contributed by atoms with E-state index in [-0.39, 0.29) is 43.1 Å². The molecule has 0 aliphatic carbocycles. The van der Waals surface area contributed by atoms with E-state index in [4.69, 9.17) is 36.5 Å². The fraction of sp³-hybridized carbons (Fsp3) is 0.176. The number of halogens is 2. The fourth-order valence-corrected chi connectivity index (χ4v) is 2.16. The zero-order valence-corrected chi connectivity index (χ0v) is 16.0. The zero-order valence-electron chi connectivity index (χ0n) is 14.4. The van der Waals surface area contributed by atoms with Crippen molar-refractivity contribution in [3.63, 3.8) is 0 Å². The number of nitrogens with two attached hydrogens (primary N) is 2. The van der Waals surface area contributed by atoms with Crippen LogP contribution in [0.5, 0.6) is 17.2 Å². The van der Waals surface area contributed by atoms with Gasteiger partial charge in [0.25, 0.3) is 0 Å². The van der Waals surface area contributed by atoms with Gasteiger partial charge in [0.05, 0.1) is 14.2 Å². The molecule has 0 aliphatic rings. The molecule has 0 saturated carbocycles. The van der Waals surface area contributed by atoms with Crippen LogP contribution in [0, 0.1) is 10.8 Å². The second kappa shape index (κ2) is 10.4. The van der Waals surface area contributed by atoms with E-state index in [0.29, 0.717) is 28.4 Å². The standard InChI is InChI=1S/C17H20N4O3.2ClH/c1-22-13-7-12(17(20)21)8-14(23-2)15(13)24-9-10-4-3-5-11(6-10)16(18)19;;/h3-8H,9H2,1-2H3,(H3,18,19)(H3,20,21);2*1H. The van der Waals surface area contributed by atoms with Crippen molar-refractivity contribution in [2.24, 2.45) is 11.5 Å². The Hall–Kier alpha value is -2.64. The highest BCUT2D eigenvalue weighted by molar-refractivity contribution is 5.96. The van der Waals surface area contributed by atoms with E-state index < -0.39 is 0 Å². The summed E-state index contributed by atoms with van der Waals surface area (Å²) in [4.78, 5) is 0. The number of ether oxygens (including phenoxy) is 3. The molecule has 2 rings (SSSR count). The molecule has 0 saturated heterocycles. The molecular formula is C17H22Cl2N4O3. The van der Waals surface area contributed by atoms with Crippen LogP contribution in [0.25, 0.3) is 0 Å². The molecule has 9 heteroatoms. The van der Waals surface area contributed by atoms with Gasteiger partial charge >= 0.3 is 0 Å². The van der Waals surface area contributed by atoms with Gasteiger partial charge < -0.3 is 25.7 Å². The minimum atomic E-state index is -0.0905. The lowest BCUT2D eigenvalue weighted by atomic mass is 10.1. The zero-order chi connectivity index (χ0) is 17.7. The highest BCUT2D eigenvalue weighted by Crippen LogP contribution is 2.39. The van der Waals surface area contributed by atoms with Crippen molar-refractivity contribution in [3.8, 4) is 17.2 Å². The summed E-state index contributed by atoms with van der Waals surface area (Å²) < 4.78 is 16.5. The molecule has 0 radical (unpaired) electrons. The van der Waals surface area contributed by atoms with Crippen molar-refractivity contribution in [2.45, 2.75) is 6.61 Å². The van der Waals surface area contributed by atoms with Gasteiger partial charge in [-0.05, 0) is 23.8 Å². The second-order valence-corrected chi connectivity index (χ2v) is 5.03. The summed E-state index contributed by atoms with van der Waals surface area (Å²) in [5.74, 6) is 1.16. The van der Waals surface area contributed by atoms with Gasteiger partial charge in [-0.15, -0.1) is 24.8 Å². The molecule has 0 atom stereocenters. The van der Waals surface area contributed by atoms with Gasteiger partial charge in [-0.1, -0.05) is 18.2 Å². The highest BCUT2D eigenvalue weighted by Gasteiger charge is 2.15. The van der Waals surface area contributed by atoms with E-state index in [1.165, 1.54) is 14.2 Å². The number of rotatable bonds is 7. The molecule has 7 nitrogen and oxygen atoms in total. The van der Waals surface area contributed by atoms with Crippen LogP contribution in [0.1, 0.15) is 16.7 Å². The molecule has 2 aromatic carbocycles. The van der Waals surface area contributed by atoms with Crippen molar-refractivity contribution in [1.82, 2.24) is 0 Å². The van der Waals surface area contributed by atoms with E-state index >= 15 is 0 Å². The number of hydrogen-bond donors (Lipinski definition) is 4. The predicted octanol–water partition coefficient (Wildman–Crippen LogP) is 2.69. The number of amidine groups is 2. The third kappa shape index (κ3) is 5.44. The van der Waals surface area contributed by atoms with Crippen molar-refractivity contribution in [1.29, 1.82) is 10.8 Å². The maximum absolute atomic E-state index is 7.54. The first kappa shape index (κ1) is 23.4. The Bertz CT molecular complexity index is 759. The quantitative estimate of drug-likeness (QED) is 0.419. The third-order valence-corrected chi connectivity index (χ3v) is 3.39. The summed E-state index contributed by atoms with van der Waals surface area (Å²) in [5, 5.41) is 15.0. The summed E-state index contributed by atoms with van der Waals surface area (Å²) in [5.41, 5.74) is 13.0. The van der Waals surface area contributed by atoms with Crippen LogP contribution in [0.3, 0.4) is 0 Å². The van der Waals surface area contributed by atoms with Crippen molar-refractivity contribution in [2.75, 3.05) is 14.2 Å². The van der Waals surface area contributed by atoms with Crippen LogP contribution in [-0.4, -0.2) is 25.9 Å². The third-order valence-electron chi connectivity index (χ3n) is 3.39. The van der Waals surface area contributed by atoms with Gasteiger partial charge in [0, 0.05) is 11.1 Å². The second-order valence-electron chi connectivity index (χ2n) is 5.03. The van der Waals surface area contributed by atoms with E-state index in [1.54, 1.807) is 24.3 Å². The topological polar surface area (TPSA) is 127 Å². The van der Waals surface area contributed by atoms with Gasteiger partial charge in [-0.3, -0.25) is 10.8 Å². The van der Waals surface area contributed by atoms with Crippen LogP contribution >= 0.6 is 24.8 Å². The summed E-state index contributed by atoms with van der Waals surface area (Å²) in [7, 11) is 3.00. The molecule has 0 bridgehead atoms. The normalized spacial score (nSPS) is 9.31. The Balaban J connectivity index is 0.00000312. The molecular weight excluding hydrogens is 379 g/mol. The van der Waals surface area contributed by atoms with Gasteiger partial charge in [0.15, 0.2) is 11.5 Å². The van der Waals surface area contributed by atoms with Gasteiger partial charge in [-0.2, -0.15) is 0 Å². The largest absolute Gasteiger partial charge is 0.493 e. The molecule has 26 heavy (non-hydrogen) atoms. The van der Waals surface area contributed by atoms with Crippen LogP contribution < -0.4 is 25.7 Å². The molecule has 0 unspecified atom stereocenters. The summed E-state index contributed by atoms with van der Waals surface area (Å²) in [6.45, 7) is 0.243.